The molecular formula is C8H7ClF2O. The smallest absolute Gasteiger partial charge is 0.131 e. The molecule has 0 saturated heterocycles. The molecule has 12 heavy (non-hydrogen) atoms. The Labute approximate surface area is 73.6 Å². The van der Waals surface area contributed by atoms with Crippen LogP contribution in [0.4, 0.5) is 8.78 Å². The molecule has 4 heteroatoms. The lowest BCUT2D eigenvalue weighted by Crippen LogP contribution is -2.04. The average molecular weight is 193 g/mol. The first kappa shape index (κ1) is 9.42. The second-order valence-corrected chi connectivity index (χ2v) is 2.61. The maximum Gasteiger partial charge on any atom is 0.131 e. The summed E-state index contributed by atoms with van der Waals surface area (Å²) in [5, 5.41) is 9.08. The van der Waals surface area contributed by atoms with Gasteiger partial charge in [-0.05, 0) is 12.1 Å². The Morgan fingerprint density at radius 1 is 1.33 bits per heavy atom. The predicted molar refractivity (Wildman–Crippen MR) is 42.0 cm³/mol. The Bertz CT molecular complexity index is 258. The molecule has 0 radical (unpaired) electrons. The molecule has 0 aromatic heterocycles. The Morgan fingerprint density at radius 2 is 1.83 bits per heavy atom. The third-order valence-corrected chi connectivity index (χ3v) is 1.77. The third-order valence-electron chi connectivity index (χ3n) is 1.48. The number of halogens is 3. The number of hydrogen-bond donors (Lipinski definition) is 1. The molecule has 1 nitrogen and oxygen atoms in total. The molecule has 1 aromatic carbocycles. The van der Waals surface area contributed by atoms with Crippen LogP contribution < -0.4 is 0 Å². The summed E-state index contributed by atoms with van der Waals surface area (Å²) < 4.78 is 25.7. The molecule has 0 amide bonds. The van der Waals surface area contributed by atoms with E-state index in [1.165, 1.54) is 6.07 Å². The van der Waals surface area contributed by atoms with E-state index < -0.39 is 17.7 Å². The molecule has 1 rings (SSSR count). The minimum Gasteiger partial charge on any atom is -0.387 e. The number of aliphatic hydroxyl groups is 1. The summed E-state index contributed by atoms with van der Waals surface area (Å²) in [6.45, 7) is 0. The maximum absolute atomic E-state index is 12.8. The second kappa shape index (κ2) is 3.83. The van der Waals surface area contributed by atoms with Crippen LogP contribution >= 0.6 is 11.6 Å². The number of aliphatic hydroxyl groups excluding tert-OH is 1. The molecule has 66 valence electrons. The van der Waals surface area contributed by atoms with Crippen LogP contribution in [0, 0.1) is 11.6 Å². The van der Waals surface area contributed by atoms with Crippen LogP contribution in [0.15, 0.2) is 18.2 Å². The minimum atomic E-state index is -1.28. The van der Waals surface area contributed by atoms with E-state index in [0.717, 1.165) is 12.1 Å². The molecule has 1 unspecified atom stereocenters. The van der Waals surface area contributed by atoms with Gasteiger partial charge in [0, 0.05) is 0 Å². The highest BCUT2D eigenvalue weighted by molar-refractivity contribution is 6.18. The summed E-state index contributed by atoms with van der Waals surface area (Å²) in [4.78, 5) is 0. The quantitative estimate of drug-likeness (QED) is 0.713. The molecule has 0 bridgehead atoms. The summed E-state index contributed by atoms with van der Waals surface area (Å²) >= 11 is 5.25. The van der Waals surface area contributed by atoms with E-state index >= 15 is 0 Å². The Balaban J connectivity index is 3.12. The van der Waals surface area contributed by atoms with Crippen molar-refractivity contribution in [2.45, 2.75) is 6.10 Å². The summed E-state index contributed by atoms with van der Waals surface area (Å²) in [6, 6.07) is 3.39. The fourth-order valence-electron chi connectivity index (χ4n) is 0.906. The Morgan fingerprint density at radius 3 is 2.25 bits per heavy atom. The molecule has 0 fully saturated rings. The molecule has 0 heterocycles. The summed E-state index contributed by atoms with van der Waals surface area (Å²) in [6.07, 6.45) is -1.28. The van der Waals surface area contributed by atoms with E-state index in [4.69, 9.17) is 16.7 Å². The van der Waals surface area contributed by atoms with E-state index in [9.17, 15) is 8.78 Å². The summed E-state index contributed by atoms with van der Waals surface area (Å²) in [5.74, 6) is -1.77. The van der Waals surface area contributed by atoms with Crippen LogP contribution in [0.2, 0.25) is 0 Å². The number of hydrogen-bond acceptors (Lipinski definition) is 1. The molecule has 1 N–H and O–H groups in total. The van der Waals surface area contributed by atoms with Crippen molar-refractivity contribution < 1.29 is 13.9 Å². The van der Waals surface area contributed by atoms with Gasteiger partial charge in [-0.3, -0.25) is 0 Å². The monoisotopic (exact) mass is 192 g/mol. The van der Waals surface area contributed by atoms with Gasteiger partial charge in [-0.2, -0.15) is 0 Å². The van der Waals surface area contributed by atoms with Crippen molar-refractivity contribution in [2.24, 2.45) is 0 Å². The van der Waals surface area contributed by atoms with E-state index in [1.807, 2.05) is 0 Å². The fraction of sp³-hybridized carbons (Fsp3) is 0.250. The van der Waals surface area contributed by atoms with Crippen LogP contribution in [0.5, 0.6) is 0 Å². The predicted octanol–water partition coefficient (Wildman–Crippen LogP) is 2.24. The molecule has 0 saturated carbocycles. The summed E-state index contributed by atoms with van der Waals surface area (Å²) in [7, 11) is 0. The van der Waals surface area contributed by atoms with Crippen LogP contribution in [0.3, 0.4) is 0 Å². The van der Waals surface area contributed by atoms with Crippen molar-refractivity contribution in [1.29, 1.82) is 0 Å². The molecule has 1 aromatic rings. The zero-order chi connectivity index (χ0) is 9.14. The first-order valence-electron chi connectivity index (χ1n) is 3.34. The van der Waals surface area contributed by atoms with Crippen LogP contribution in [0.25, 0.3) is 0 Å². The van der Waals surface area contributed by atoms with Gasteiger partial charge in [0.25, 0.3) is 0 Å². The van der Waals surface area contributed by atoms with Gasteiger partial charge < -0.3 is 5.11 Å². The normalized spacial score (nSPS) is 13.0. The van der Waals surface area contributed by atoms with Gasteiger partial charge in [0.2, 0.25) is 0 Å². The van der Waals surface area contributed by atoms with Crippen molar-refractivity contribution in [1.82, 2.24) is 0 Å². The van der Waals surface area contributed by atoms with Crippen LogP contribution in [-0.2, 0) is 0 Å². The van der Waals surface area contributed by atoms with Crippen molar-refractivity contribution in [2.75, 3.05) is 5.88 Å². The van der Waals surface area contributed by atoms with Gasteiger partial charge in [0.15, 0.2) is 0 Å². The largest absolute Gasteiger partial charge is 0.387 e. The Kier molecular flexibility index (Phi) is 3.00. The Hall–Kier alpha value is -0.670. The van der Waals surface area contributed by atoms with Crippen LogP contribution in [0.1, 0.15) is 11.7 Å². The molecular weight excluding hydrogens is 186 g/mol. The second-order valence-electron chi connectivity index (χ2n) is 2.31. The standard InChI is InChI=1S/C8H7ClF2O/c9-4-7(12)8-5(10)2-1-3-6(8)11/h1-3,7,12H,4H2. The van der Waals surface area contributed by atoms with E-state index in [-0.39, 0.29) is 11.4 Å². The van der Waals surface area contributed by atoms with Gasteiger partial charge in [-0.1, -0.05) is 6.07 Å². The molecule has 1 atom stereocenters. The van der Waals surface area contributed by atoms with Gasteiger partial charge in [0.1, 0.15) is 11.6 Å². The minimum absolute atomic E-state index is 0.224. The molecule has 0 aliphatic rings. The van der Waals surface area contributed by atoms with Crippen molar-refractivity contribution in [3.05, 3.63) is 35.4 Å². The number of rotatable bonds is 2. The van der Waals surface area contributed by atoms with Gasteiger partial charge >= 0.3 is 0 Å². The van der Waals surface area contributed by atoms with Gasteiger partial charge in [-0.15, -0.1) is 11.6 Å². The highest BCUT2D eigenvalue weighted by Crippen LogP contribution is 2.21. The molecule has 0 aliphatic heterocycles. The lowest BCUT2D eigenvalue weighted by molar-refractivity contribution is 0.192. The lowest BCUT2D eigenvalue weighted by atomic mass is 10.1. The van der Waals surface area contributed by atoms with Gasteiger partial charge in [0.05, 0.1) is 17.5 Å². The highest BCUT2D eigenvalue weighted by atomic mass is 35.5. The average Bonchev–Trinajstić information content (AvgIpc) is 2.03. The van der Waals surface area contributed by atoms with Crippen molar-refractivity contribution in [3.8, 4) is 0 Å². The van der Waals surface area contributed by atoms with Crippen molar-refractivity contribution in [3.63, 3.8) is 0 Å². The summed E-state index contributed by atoms with van der Waals surface area (Å²) in [5.41, 5.74) is -0.368. The maximum atomic E-state index is 12.8. The number of alkyl halides is 1. The SMILES string of the molecule is OC(CCl)c1c(F)cccc1F. The zero-order valence-corrected chi connectivity index (χ0v) is 6.85. The van der Waals surface area contributed by atoms with E-state index in [2.05, 4.69) is 0 Å². The highest BCUT2D eigenvalue weighted by Gasteiger charge is 2.15. The first-order valence-corrected chi connectivity index (χ1v) is 3.88. The number of benzene rings is 1. The third kappa shape index (κ3) is 1.73. The van der Waals surface area contributed by atoms with E-state index in [1.54, 1.807) is 0 Å². The topological polar surface area (TPSA) is 20.2 Å². The van der Waals surface area contributed by atoms with E-state index in [0.29, 0.717) is 0 Å². The van der Waals surface area contributed by atoms with Gasteiger partial charge in [-0.25, -0.2) is 8.78 Å². The fourth-order valence-corrected chi connectivity index (χ4v) is 1.06. The lowest BCUT2D eigenvalue weighted by Gasteiger charge is -2.08. The van der Waals surface area contributed by atoms with Crippen molar-refractivity contribution >= 4 is 11.6 Å². The van der Waals surface area contributed by atoms with Crippen LogP contribution in [-0.4, -0.2) is 11.0 Å². The zero-order valence-electron chi connectivity index (χ0n) is 6.10. The molecule has 0 spiro atoms. The molecule has 0 aliphatic carbocycles. The first-order chi connectivity index (χ1) is 5.66.